The number of halogens is 1. The number of likely N-dealkylation sites (tertiary alicyclic amines) is 1. The van der Waals surface area contributed by atoms with Gasteiger partial charge < -0.3 is 14.6 Å². The average Bonchev–Trinajstić information content (AvgIpc) is 2.84. The van der Waals surface area contributed by atoms with Crippen LogP contribution in [0.4, 0.5) is 0 Å². The molecular formula is C17H21BrN2O2. The van der Waals surface area contributed by atoms with Crippen LogP contribution in [0.1, 0.15) is 29.0 Å². The summed E-state index contributed by atoms with van der Waals surface area (Å²) in [5.74, 6) is 1.18. The highest BCUT2D eigenvalue weighted by atomic mass is 79.9. The first-order valence-electron chi connectivity index (χ1n) is 7.72. The van der Waals surface area contributed by atoms with Gasteiger partial charge in [-0.05, 0) is 57.5 Å². The van der Waals surface area contributed by atoms with Gasteiger partial charge in [0.2, 0.25) is 0 Å². The summed E-state index contributed by atoms with van der Waals surface area (Å²) >= 11 is 3.47. The number of nitrogens with zero attached hydrogens (tertiary/aromatic N) is 1. The number of hydrogen-bond donors (Lipinski definition) is 1. The van der Waals surface area contributed by atoms with E-state index in [1.54, 1.807) is 0 Å². The molecule has 0 unspecified atom stereocenters. The van der Waals surface area contributed by atoms with Crippen LogP contribution in [0, 0.1) is 12.8 Å². The maximum absolute atomic E-state index is 12.7. The zero-order valence-electron chi connectivity index (χ0n) is 13.0. The zero-order chi connectivity index (χ0) is 15.7. The van der Waals surface area contributed by atoms with Crippen LogP contribution in [-0.4, -0.2) is 37.5 Å². The Morgan fingerprint density at radius 2 is 2.14 bits per heavy atom. The van der Waals surface area contributed by atoms with E-state index in [-0.39, 0.29) is 5.91 Å². The molecule has 22 heavy (non-hydrogen) atoms. The molecule has 1 fully saturated rings. The number of fused-ring (bicyclic) bond motifs is 1. The van der Waals surface area contributed by atoms with Gasteiger partial charge in [0.15, 0.2) is 5.76 Å². The molecule has 0 spiro atoms. The van der Waals surface area contributed by atoms with Crippen LogP contribution in [0.2, 0.25) is 0 Å². The van der Waals surface area contributed by atoms with E-state index in [1.807, 2.05) is 37.1 Å². The minimum atomic E-state index is 0.0210. The monoisotopic (exact) mass is 364 g/mol. The normalized spacial score (nSPS) is 16.4. The summed E-state index contributed by atoms with van der Waals surface area (Å²) in [6, 6.07) is 5.84. The van der Waals surface area contributed by atoms with Crippen LogP contribution in [0.15, 0.2) is 27.1 Å². The third-order valence-corrected chi connectivity index (χ3v) is 4.98. The molecule has 1 aromatic carbocycles. The van der Waals surface area contributed by atoms with Crippen molar-refractivity contribution in [3.8, 4) is 0 Å². The van der Waals surface area contributed by atoms with E-state index in [9.17, 15) is 4.79 Å². The van der Waals surface area contributed by atoms with Crippen molar-refractivity contribution in [2.24, 2.45) is 5.92 Å². The van der Waals surface area contributed by atoms with Crippen molar-refractivity contribution in [1.82, 2.24) is 10.2 Å². The molecule has 1 N–H and O–H groups in total. The first-order valence-corrected chi connectivity index (χ1v) is 8.52. The van der Waals surface area contributed by atoms with Crippen molar-refractivity contribution in [1.29, 1.82) is 0 Å². The summed E-state index contributed by atoms with van der Waals surface area (Å²) in [5.41, 5.74) is 1.70. The lowest BCUT2D eigenvalue weighted by molar-refractivity contribution is 0.0660. The quantitative estimate of drug-likeness (QED) is 0.905. The summed E-state index contributed by atoms with van der Waals surface area (Å²) in [4.78, 5) is 14.7. The molecule has 1 amide bonds. The lowest BCUT2D eigenvalue weighted by Crippen LogP contribution is -2.40. The standard InChI is InChI=1S/C17H21BrN2O2/c1-11-14-9-13(18)3-4-15(14)22-16(11)17(21)20-7-5-12(6-8-20)10-19-2/h3-4,9,12,19H,5-8,10H2,1-2H3. The molecule has 0 saturated carbocycles. The second-order valence-electron chi connectivity index (χ2n) is 5.99. The van der Waals surface area contributed by atoms with E-state index in [1.165, 1.54) is 0 Å². The predicted octanol–water partition coefficient (Wildman–Crippen LogP) is 3.58. The topological polar surface area (TPSA) is 45.5 Å². The van der Waals surface area contributed by atoms with Gasteiger partial charge in [0, 0.05) is 28.5 Å². The molecular weight excluding hydrogens is 344 g/mol. The second kappa shape index (κ2) is 6.42. The average molecular weight is 365 g/mol. The summed E-state index contributed by atoms with van der Waals surface area (Å²) in [7, 11) is 1.98. The fraction of sp³-hybridized carbons (Fsp3) is 0.471. The van der Waals surface area contributed by atoms with E-state index >= 15 is 0 Å². The summed E-state index contributed by atoms with van der Waals surface area (Å²) in [6.07, 6.45) is 2.11. The van der Waals surface area contributed by atoms with Gasteiger partial charge in [-0.25, -0.2) is 0 Å². The van der Waals surface area contributed by atoms with E-state index < -0.39 is 0 Å². The SMILES string of the molecule is CNCC1CCN(C(=O)c2oc3ccc(Br)cc3c2C)CC1. The number of hydrogen-bond acceptors (Lipinski definition) is 3. The molecule has 2 aromatic rings. The van der Waals surface area contributed by atoms with Gasteiger partial charge in [-0.2, -0.15) is 0 Å². The number of amides is 1. The summed E-state index contributed by atoms with van der Waals surface area (Å²) in [5, 5.41) is 4.22. The molecule has 1 aliphatic rings. The van der Waals surface area contributed by atoms with Crippen molar-refractivity contribution in [3.63, 3.8) is 0 Å². The van der Waals surface area contributed by atoms with Gasteiger partial charge >= 0.3 is 0 Å². The van der Waals surface area contributed by atoms with Crippen molar-refractivity contribution in [2.75, 3.05) is 26.7 Å². The highest BCUT2D eigenvalue weighted by molar-refractivity contribution is 9.10. The maximum Gasteiger partial charge on any atom is 0.289 e. The lowest BCUT2D eigenvalue weighted by Gasteiger charge is -2.31. The van der Waals surface area contributed by atoms with Crippen LogP contribution in [0.3, 0.4) is 0 Å². The third kappa shape index (κ3) is 2.92. The van der Waals surface area contributed by atoms with Crippen LogP contribution < -0.4 is 5.32 Å². The van der Waals surface area contributed by atoms with Gasteiger partial charge in [-0.15, -0.1) is 0 Å². The third-order valence-electron chi connectivity index (χ3n) is 4.49. The number of nitrogens with one attached hydrogen (secondary N) is 1. The maximum atomic E-state index is 12.7. The fourth-order valence-electron chi connectivity index (χ4n) is 3.17. The molecule has 3 rings (SSSR count). The van der Waals surface area contributed by atoms with Crippen LogP contribution in [0.25, 0.3) is 11.0 Å². The van der Waals surface area contributed by atoms with E-state index in [0.717, 1.165) is 53.5 Å². The van der Waals surface area contributed by atoms with Gasteiger partial charge in [-0.1, -0.05) is 15.9 Å². The van der Waals surface area contributed by atoms with Gasteiger partial charge in [-0.3, -0.25) is 4.79 Å². The van der Waals surface area contributed by atoms with Crippen LogP contribution >= 0.6 is 15.9 Å². The Morgan fingerprint density at radius 3 is 2.82 bits per heavy atom. The number of aryl methyl sites for hydroxylation is 1. The molecule has 4 nitrogen and oxygen atoms in total. The number of carbonyl (C=O) groups excluding carboxylic acids is 1. The Bertz CT molecular complexity index is 687. The molecule has 1 aromatic heterocycles. The number of benzene rings is 1. The highest BCUT2D eigenvalue weighted by Gasteiger charge is 2.27. The van der Waals surface area contributed by atoms with E-state index in [4.69, 9.17) is 4.42 Å². The largest absolute Gasteiger partial charge is 0.451 e. The number of carbonyl (C=O) groups is 1. The molecule has 0 aliphatic carbocycles. The molecule has 118 valence electrons. The first-order chi connectivity index (χ1) is 10.6. The Labute approximate surface area is 139 Å². The first kappa shape index (κ1) is 15.6. The van der Waals surface area contributed by atoms with E-state index in [2.05, 4.69) is 21.2 Å². The Balaban J connectivity index is 1.80. The Kier molecular flexibility index (Phi) is 4.54. The van der Waals surface area contributed by atoms with Gasteiger partial charge in [0.05, 0.1) is 0 Å². The number of piperidine rings is 1. The molecule has 0 bridgehead atoms. The second-order valence-corrected chi connectivity index (χ2v) is 6.91. The predicted molar refractivity (Wildman–Crippen MR) is 91.2 cm³/mol. The smallest absolute Gasteiger partial charge is 0.289 e. The molecule has 1 aliphatic heterocycles. The van der Waals surface area contributed by atoms with Crippen LogP contribution in [-0.2, 0) is 0 Å². The molecule has 0 radical (unpaired) electrons. The summed E-state index contributed by atoms with van der Waals surface area (Å²) < 4.78 is 6.81. The number of furan rings is 1. The van der Waals surface area contributed by atoms with E-state index in [0.29, 0.717) is 11.7 Å². The molecule has 2 heterocycles. The highest BCUT2D eigenvalue weighted by Crippen LogP contribution is 2.29. The van der Waals surface area contributed by atoms with Crippen molar-refractivity contribution >= 4 is 32.8 Å². The minimum Gasteiger partial charge on any atom is -0.451 e. The van der Waals surface area contributed by atoms with Crippen molar-refractivity contribution < 1.29 is 9.21 Å². The molecule has 0 atom stereocenters. The Hall–Kier alpha value is -1.33. The van der Waals surface area contributed by atoms with Crippen molar-refractivity contribution in [3.05, 3.63) is 34.0 Å². The van der Waals surface area contributed by atoms with Crippen molar-refractivity contribution in [2.45, 2.75) is 19.8 Å². The molecule has 1 saturated heterocycles. The zero-order valence-corrected chi connectivity index (χ0v) is 14.6. The van der Waals surface area contributed by atoms with Gasteiger partial charge in [0.1, 0.15) is 5.58 Å². The van der Waals surface area contributed by atoms with Crippen LogP contribution in [0.5, 0.6) is 0 Å². The number of rotatable bonds is 3. The minimum absolute atomic E-state index is 0.0210. The lowest BCUT2D eigenvalue weighted by atomic mass is 9.96. The fourth-order valence-corrected chi connectivity index (χ4v) is 3.53. The van der Waals surface area contributed by atoms with Gasteiger partial charge in [0.25, 0.3) is 5.91 Å². The summed E-state index contributed by atoms with van der Waals surface area (Å²) in [6.45, 7) is 4.61. The molecule has 5 heteroatoms. The Morgan fingerprint density at radius 1 is 1.41 bits per heavy atom.